The van der Waals surface area contributed by atoms with Crippen LogP contribution >= 0.6 is 0 Å². The van der Waals surface area contributed by atoms with E-state index in [1.54, 1.807) is 25.2 Å². The molecule has 0 aliphatic carbocycles. The minimum Gasteiger partial charge on any atom is -0.508 e. The molecule has 76 valence electrons. The second kappa shape index (κ2) is 4.62. The van der Waals surface area contributed by atoms with Crippen molar-refractivity contribution in [1.29, 1.82) is 0 Å². The lowest BCUT2D eigenvalue weighted by Gasteiger charge is -2.16. The molecule has 0 fully saturated rings. The van der Waals surface area contributed by atoms with Gasteiger partial charge in [-0.15, -0.1) is 0 Å². The zero-order chi connectivity index (χ0) is 10.6. The van der Waals surface area contributed by atoms with E-state index in [-0.39, 0.29) is 11.7 Å². The quantitative estimate of drug-likeness (QED) is 0.744. The third-order valence-corrected chi connectivity index (χ3v) is 1.95. The highest BCUT2D eigenvalue weighted by Gasteiger charge is 2.09. The lowest BCUT2D eigenvalue weighted by Crippen LogP contribution is -2.27. The predicted octanol–water partition coefficient (Wildman–Crippen LogP) is 0.704. The molecule has 1 amide bonds. The number of hydrogen-bond donors (Lipinski definition) is 2. The average Bonchev–Trinajstić information content (AvgIpc) is 2.17. The first-order chi connectivity index (χ1) is 6.65. The number of aromatic hydroxyl groups is 1. The van der Waals surface area contributed by atoms with Crippen LogP contribution in [0.25, 0.3) is 0 Å². The summed E-state index contributed by atoms with van der Waals surface area (Å²) in [6, 6.07) is 6.55. The number of rotatable bonds is 3. The van der Waals surface area contributed by atoms with E-state index in [1.807, 2.05) is 0 Å². The molecule has 0 heterocycles. The van der Waals surface area contributed by atoms with Gasteiger partial charge in [0.05, 0.1) is 0 Å². The second-order valence-electron chi connectivity index (χ2n) is 3.01. The maximum Gasteiger partial charge on any atom is 0.227 e. The third-order valence-electron chi connectivity index (χ3n) is 1.95. The molecule has 3 N–H and O–H groups in total. The van der Waals surface area contributed by atoms with Gasteiger partial charge in [0.15, 0.2) is 0 Å². The summed E-state index contributed by atoms with van der Waals surface area (Å²) >= 11 is 0. The predicted molar refractivity (Wildman–Crippen MR) is 55.2 cm³/mol. The van der Waals surface area contributed by atoms with Gasteiger partial charge in [-0.2, -0.15) is 0 Å². The summed E-state index contributed by atoms with van der Waals surface area (Å²) in [5.74, 6) is 0.0907. The Balaban J connectivity index is 2.78. The summed E-state index contributed by atoms with van der Waals surface area (Å²) in [5, 5.41) is 9.21. The number of carbonyl (C=O) groups is 1. The van der Waals surface area contributed by atoms with E-state index in [0.29, 0.717) is 18.7 Å². The Kier molecular flexibility index (Phi) is 3.48. The highest BCUT2D eigenvalue weighted by Crippen LogP contribution is 2.19. The molecule has 1 aromatic carbocycles. The molecule has 0 saturated heterocycles. The second-order valence-corrected chi connectivity index (χ2v) is 3.01. The van der Waals surface area contributed by atoms with Crippen LogP contribution in [0.1, 0.15) is 6.42 Å². The van der Waals surface area contributed by atoms with Gasteiger partial charge in [0.25, 0.3) is 0 Å². The van der Waals surface area contributed by atoms with Gasteiger partial charge >= 0.3 is 0 Å². The number of nitrogens with zero attached hydrogens (tertiary/aromatic N) is 1. The Morgan fingerprint density at radius 2 is 2.29 bits per heavy atom. The van der Waals surface area contributed by atoms with E-state index < -0.39 is 0 Å². The number of nitrogens with two attached hydrogens (primary N) is 1. The number of anilines is 1. The molecule has 1 aromatic rings. The molecule has 0 radical (unpaired) electrons. The van der Waals surface area contributed by atoms with E-state index in [9.17, 15) is 9.90 Å². The normalized spacial score (nSPS) is 9.86. The molecular formula is C10H14N2O2. The van der Waals surface area contributed by atoms with Crippen LogP contribution in [0.15, 0.2) is 24.3 Å². The lowest BCUT2D eigenvalue weighted by atomic mass is 10.2. The van der Waals surface area contributed by atoms with Crippen molar-refractivity contribution < 1.29 is 9.90 Å². The van der Waals surface area contributed by atoms with Gasteiger partial charge in [-0.1, -0.05) is 6.07 Å². The van der Waals surface area contributed by atoms with Crippen molar-refractivity contribution in [1.82, 2.24) is 0 Å². The van der Waals surface area contributed by atoms with E-state index in [0.717, 1.165) is 0 Å². The summed E-state index contributed by atoms with van der Waals surface area (Å²) < 4.78 is 0. The summed E-state index contributed by atoms with van der Waals surface area (Å²) in [4.78, 5) is 12.9. The standard InChI is InChI=1S/C10H14N2O2/c1-12(10(14)5-6-11)8-3-2-4-9(13)7-8/h2-4,7,13H,5-6,11H2,1H3. The van der Waals surface area contributed by atoms with Gasteiger partial charge in [0, 0.05) is 31.8 Å². The van der Waals surface area contributed by atoms with Crippen LogP contribution in [-0.2, 0) is 4.79 Å². The van der Waals surface area contributed by atoms with Crippen LogP contribution in [0.3, 0.4) is 0 Å². The maximum atomic E-state index is 11.4. The van der Waals surface area contributed by atoms with Crippen LogP contribution in [0.4, 0.5) is 5.69 Å². The molecule has 0 aliphatic heterocycles. The molecule has 0 spiro atoms. The van der Waals surface area contributed by atoms with Crippen molar-refractivity contribution in [3.05, 3.63) is 24.3 Å². The molecule has 0 aliphatic rings. The first-order valence-electron chi connectivity index (χ1n) is 4.41. The molecule has 4 heteroatoms. The third kappa shape index (κ3) is 2.47. The van der Waals surface area contributed by atoms with Crippen molar-refractivity contribution in [3.8, 4) is 5.75 Å². The first-order valence-corrected chi connectivity index (χ1v) is 4.41. The van der Waals surface area contributed by atoms with Crippen molar-refractivity contribution in [2.24, 2.45) is 5.73 Å². The van der Waals surface area contributed by atoms with Crippen LogP contribution in [0.2, 0.25) is 0 Å². The molecule has 0 aromatic heterocycles. The molecule has 14 heavy (non-hydrogen) atoms. The Morgan fingerprint density at radius 3 is 2.86 bits per heavy atom. The Bertz CT molecular complexity index is 326. The van der Waals surface area contributed by atoms with Gasteiger partial charge in [-0.3, -0.25) is 4.79 Å². The minimum absolute atomic E-state index is 0.0573. The van der Waals surface area contributed by atoms with E-state index in [4.69, 9.17) is 5.73 Å². The van der Waals surface area contributed by atoms with Gasteiger partial charge < -0.3 is 15.7 Å². The SMILES string of the molecule is CN(C(=O)CCN)c1cccc(O)c1. The van der Waals surface area contributed by atoms with Crippen molar-refractivity contribution in [3.63, 3.8) is 0 Å². The summed E-state index contributed by atoms with van der Waals surface area (Å²) in [6.45, 7) is 0.335. The summed E-state index contributed by atoms with van der Waals surface area (Å²) in [7, 11) is 1.66. The molecule has 0 saturated carbocycles. The van der Waals surface area contributed by atoms with Gasteiger partial charge in [-0.05, 0) is 12.1 Å². The molecule has 1 rings (SSSR count). The molecule has 0 atom stereocenters. The fraction of sp³-hybridized carbons (Fsp3) is 0.300. The smallest absolute Gasteiger partial charge is 0.227 e. The zero-order valence-corrected chi connectivity index (χ0v) is 8.10. The number of benzene rings is 1. The molecule has 0 bridgehead atoms. The highest BCUT2D eigenvalue weighted by molar-refractivity contribution is 5.93. The van der Waals surface area contributed by atoms with Crippen molar-refractivity contribution in [2.45, 2.75) is 6.42 Å². The molecule has 4 nitrogen and oxygen atoms in total. The molecular weight excluding hydrogens is 180 g/mol. The molecule has 0 unspecified atom stereocenters. The van der Waals surface area contributed by atoms with Crippen molar-refractivity contribution >= 4 is 11.6 Å². The highest BCUT2D eigenvalue weighted by atomic mass is 16.3. The van der Waals surface area contributed by atoms with Crippen molar-refractivity contribution in [2.75, 3.05) is 18.5 Å². The number of phenolic OH excluding ortho intramolecular Hbond substituents is 1. The number of carbonyl (C=O) groups excluding carboxylic acids is 1. The topological polar surface area (TPSA) is 66.6 Å². The van der Waals surface area contributed by atoms with Gasteiger partial charge in [0.2, 0.25) is 5.91 Å². The largest absolute Gasteiger partial charge is 0.508 e. The summed E-state index contributed by atoms with van der Waals surface area (Å²) in [5.41, 5.74) is 5.95. The monoisotopic (exact) mass is 194 g/mol. The average molecular weight is 194 g/mol. The number of phenols is 1. The number of amides is 1. The zero-order valence-electron chi connectivity index (χ0n) is 8.10. The van der Waals surface area contributed by atoms with Crippen LogP contribution < -0.4 is 10.6 Å². The Hall–Kier alpha value is -1.55. The first kappa shape index (κ1) is 10.5. The van der Waals surface area contributed by atoms with Gasteiger partial charge in [0.1, 0.15) is 5.75 Å². The Morgan fingerprint density at radius 1 is 1.57 bits per heavy atom. The minimum atomic E-state index is -0.0573. The fourth-order valence-corrected chi connectivity index (χ4v) is 1.14. The Labute approximate surface area is 82.9 Å². The lowest BCUT2D eigenvalue weighted by molar-refractivity contribution is -0.118. The van der Waals surface area contributed by atoms with E-state index in [2.05, 4.69) is 0 Å². The summed E-state index contributed by atoms with van der Waals surface area (Å²) in [6.07, 6.45) is 0.312. The van der Waals surface area contributed by atoms with E-state index in [1.165, 1.54) is 11.0 Å². The van der Waals surface area contributed by atoms with Crippen LogP contribution in [0.5, 0.6) is 5.75 Å². The fourth-order valence-electron chi connectivity index (χ4n) is 1.14. The maximum absolute atomic E-state index is 11.4. The number of hydrogen-bond acceptors (Lipinski definition) is 3. The van der Waals surface area contributed by atoms with Crippen LogP contribution in [-0.4, -0.2) is 24.6 Å². The van der Waals surface area contributed by atoms with E-state index >= 15 is 0 Å². The van der Waals surface area contributed by atoms with Gasteiger partial charge in [-0.25, -0.2) is 0 Å². The van der Waals surface area contributed by atoms with Crippen LogP contribution in [0, 0.1) is 0 Å².